The highest BCUT2D eigenvalue weighted by Gasteiger charge is 2.29. The Morgan fingerprint density at radius 1 is 0.536 bits per heavy atom. The van der Waals surface area contributed by atoms with Crippen molar-refractivity contribution in [3.63, 3.8) is 0 Å². The molecule has 4 rings (SSSR count). The molecule has 1 aliphatic heterocycles. The van der Waals surface area contributed by atoms with Crippen LogP contribution in [0.15, 0.2) is 72.8 Å². The maximum Gasteiger partial charge on any atom is 0.183 e. The molecule has 1 aliphatic rings. The summed E-state index contributed by atoms with van der Waals surface area (Å²) in [5.74, 6) is 0. The lowest BCUT2D eigenvalue weighted by Gasteiger charge is -2.45. The molecule has 0 N–H and O–H groups in total. The van der Waals surface area contributed by atoms with E-state index in [1.165, 1.54) is 22.4 Å². The fourth-order valence-corrected chi connectivity index (χ4v) is 3.73. The summed E-state index contributed by atoms with van der Waals surface area (Å²) in [6.45, 7) is 7.79. The van der Waals surface area contributed by atoms with E-state index in [1.807, 2.05) is 0 Å². The van der Waals surface area contributed by atoms with Gasteiger partial charge in [0.05, 0.1) is 13.3 Å². The molecule has 0 aromatic heterocycles. The van der Waals surface area contributed by atoms with Gasteiger partial charge in [0.1, 0.15) is 0 Å². The number of hydrogen-bond donors (Lipinski definition) is 0. The molecule has 1 heterocycles. The molecular weight excluding hydrogens is 362 g/mol. The van der Waals surface area contributed by atoms with Crippen LogP contribution in [0.3, 0.4) is 0 Å². The molecule has 0 aliphatic carbocycles. The molecule has 1 saturated heterocycles. The highest BCUT2D eigenvalue weighted by atomic mass is 32.1. The zero-order chi connectivity index (χ0) is 19.7. The van der Waals surface area contributed by atoms with Gasteiger partial charge in [-0.3, -0.25) is 0 Å². The standard InChI is InChI=1S/C24H25N3S/c1-18-4-10-21(11-5-18)25-16-26(22-12-6-19(2)7-13-22)24(28)27(17-25)23-14-8-20(3)9-15-23/h4-15H,16-17H2,1-3H3. The second-order valence-electron chi connectivity index (χ2n) is 7.47. The SMILES string of the molecule is Cc1ccc(N2CN(c3ccc(C)cc3)C(=S)N(c3ccc(C)cc3)C2)cc1. The molecule has 0 radical (unpaired) electrons. The van der Waals surface area contributed by atoms with Crippen molar-refractivity contribution < 1.29 is 0 Å². The quantitative estimate of drug-likeness (QED) is 0.537. The molecule has 0 bridgehead atoms. The van der Waals surface area contributed by atoms with Crippen LogP contribution >= 0.6 is 12.2 Å². The molecule has 3 aromatic rings. The average molecular weight is 388 g/mol. The molecule has 0 amide bonds. The predicted octanol–water partition coefficient (Wildman–Crippen LogP) is 5.64. The third-order valence-corrected chi connectivity index (χ3v) is 5.62. The van der Waals surface area contributed by atoms with E-state index in [0.717, 1.165) is 29.8 Å². The summed E-state index contributed by atoms with van der Waals surface area (Å²) < 4.78 is 0. The predicted molar refractivity (Wildman–Crippen MR) is 123 cm³/mol. The maximum absolute atomic E-state index is 5.93. The van der Waals surface area contributed by atoms with Crippen LogP contribution in [0.4, 0.5) is 17.1 Å². The minimum Gasteiger partial charge on any atom is -0.335 e. The van der Waals surface area contributed by atoms with Gasteiger partial charge in [0.25, 0.3) is 0 Å². The van der Waals surface area contributed by atoms with Crippen LogP contribution in [0.25, 0.3) is 0 Å². The summed E-state index contributed by atoms with van der Waals surface area (Å²) in [6, 6.07) is 25.8. The van der Waals surface area contributed by atoms with E-state index < -0.39 is 0 Å². The highest BCUT2D eigenvalue weighted by molar-refractivity contribution is 7.80. The Kier molecular flexibility index (Phi) is 5.05. The Hall–Kier alpha value is -2.85. The number of anilines is 3. The minimum absolute atomic E-state index is 0.729. The van der Waals surface area contributed by atoms with Gasteiger partial charge >= 0.3 is 0 Å². The number of aryl methyl sites for hydroxylation is 3. The molecule has 4 heteroatoms. The molecule has 3 aromatic carbocycles. The first kappa shape index (κ1) is 18.5. The number of rotatable bonds is 3. The number of thiocarbonyl (C=S) groups is 1. The molecule has 1 fully saturated rings. The van der Waals surface area contributed by atoms with Crippen molar-refractivity contribution in [1.29, 1.82) is 0 Å². The van der Waals surface area contributed by atoms with Gasteiger partial charge in [-0.05, 0) is 69.4 Å². The molecule has 0 saturated carbocycles. The van der Waals surface area contributed by atoms with E-state index in [0.29, 0.717) is 0 Å². The van der Waals surface area contributed by atoms with Crippen molar-refractivity contribution in [2.75, 3.05) is 28.0 Å². The highest BCUT2D eigenvalue weighted by Crippen LogP contribution is 2.28. The van der Waals surface area contributed by atoms with Crippen molar-refractivity contribution in [2.24, 2.45) is 0 Å². The van der Waals surface area contributed by atoms with E-state index in [2.05, 4.69) is 108 Å². The Bertz CT molecular complexity index is 905. The van der Waals surface area contributed by atoms with Crippen LogP contribution in [-0.4, -0.2) is 18.4 Å². The van der Waals surface area contributed by atoms with Gasteiger partial charge < -0.3 is 14.7 Å². The van der Waals surface area contributed by atoms with Gasteiger partial charge in [0, 0.05) is 17.1 Å². The van der Waals surface area contributed by atoms with E-state index in [9.17, 15) is 0 Å². The summed E-state index contributed by atoms with van der Waals surface area (Å²) >= 11 is 5.93. The fraction of sp³-hybridized carbons (Fsp3) is 0.208. The average Bonchev–Trinajstić information content (AvgIpc) is 2.70. The smallest absolute Gasteiger partial charge is 0.183 e. The first-order valence-electron chi connectivity index (χ1n) is 9.55. The normalized spacial score (nSPS) is 14.5. The summed E-state index contributed by atoms with van der Waals surface area (Å²) in [7, 11) is 0. The third-order valence-electron chi connectivity index (χ3n) is 5.18. The lowest BCUT2D eigenvalue weighted by molar-refractivity contribution is 0.756. The van der Waals surface area contributed by atoms with Crippen molar-refractivity contribution in [3.05, 3.63) is 89.5 Å². The topological polar surface area (TPSA) is 9.72 Å². The van der Waals surface area contributed by atoms with Crippen LogP contribution in [-0.2, 0) is 0 Å². The van der Waals surface area contributed by atoms with Gasteiger partial charge in [-0.1, -0.05) is 53.1 Å². The van der Waals surface area contributed by atoms with Crippen LogP contribution in [0.1, 0.15) is 16.7 Å². The first-order valence-corrected chi connectivity index (χ1v) is 9.96. The van der Waals surface area contributed by atoms with Crippen molar-refractivity contribution in [1.82, 2.24) is 0 Å². The molecule has 28 heavy (non-hydrogen) atoms. The monoisotopic (exact) mass is 387 g/mol. The van der Waals surface area contributed by atoms with Crippen molar-refractivity contribution in [2.45, 2.75) is 20.8 Å². The summed E-state index contributed by atoms with van der Waals surface area (Å²) in [6.07, 6.45) is 0. The van der Waals surface area contributed by atoms with E-state index >= 15 is 0 Å². The molecule has 142 valence electrons. The van der Waals surface area contributed by atoms with Crippen LogP contribution < -0.4 is 14.7 Å². The van der Waals surface area contributed by atoms with Gasteiger partial charge in [-0.15, -0.1) is 0 Å². The lowest BCUT2D eigenvalue weighted by atomic mass is 10.2. The van der Waals surface area contributed by atoms with Crippen molar-refractivity contribution in [3.8, 4) is 0 Å². The number of benzene rings is 3. The van der Waals surface area contributed by atoms with Crippen LogP contribution in [0.5, 0.6) is 0 Å². The van der Waals surface area contributed by atoms with Gasteiger partial charge in [0.2, 0.25) is 0 Å². The first-order chi connectivity index (χ1) is 13.5. The zero-order valence-electron chi connectivity index (χ0n) is 16.6. The number of hydrogen-bond acceptors (Lipinski definition) is 2. The Labute approximate surface area is 172 Å². The second-order valence-corrected chi connectivity index (χ2v) is 7.83. The summed E-state index contributed by atoms with van der Waals surface area (Å²) in [5.41, 5.74) is 7.19. The van der Waals surface area contributed by atoms with E-state index in [1.54, 1.807) is 0 Å². The van der Waals surface area contributed by atoms with Crippen LogP contribution in [0.2, 0.25) is 0 Å². The molecule has 3 nitrogen and oxygen atoms in total. The van der Waals surface area contributed by atoms with E-state index in [4.69, 9.17) is 12.2 Å². The zero-order valence-corrected chi connectivity index (χ0v) is 17.4. The Morgan fingerprint density at radius 2 is 0.857 bits per heavy atom. The largest absolute Gasteiger partial charge is 0.335 e. The van der Waals surface area contributed by atoms with E-state index in [-0.39, 0.29) is 0 Å². The van der Waals surface area contributed by atoms with Gasteiger partial charge in [-0.25, -0.2) is 0 Å². The van der Waals surface area contributed by atoms with Crippen molar-refractivity contribution >= 4 is 34.4 Å². The Balaban J connectivity index is 1.72. The fourth-order valence-electron chi connectivity index (χ4n) is 3.41. The third kappa shape index (κ3) is 3.73. The minimum atomic E-state index is 0.729. The second kappa shape index (κ2) is 7.64. The Morgan fingerprint density at radius 3 is 1.21 bits per heavy atom. The van der Waals surface area contributed by atoms with Crippen LogP contribution in [0, 0.1) is 20.8 Å². The maximum atomic E-state index is 5.93. The molecule has 0 unspecified atom stereocenters. The molecule has 0 atom stereocenters. The van der Waals surface area contributed by atoms with Gasteiger partial charge in [0.15, 0.2) is 5.11 Å². The molecule has 0 spiro atoms. The summed E-state index contributed by atoms with van der Waals surface area (Å²) in [4.78, 5) is 6.77. The lowest BCUT2D eigenvalue weighted by Crippen LogP contribution is -2.58. The molecular formula is C24H25N3S. The number of nitrogens with zero attached hydrogens (tertiary/aromatic N) is 3. The van der Waals surface area contributed by atoms with Gasteiger partial charge in [-0.2, -0.15) is 0 Å². The summed E-state index contributed by atoms with van der Waals surface area (Å²) in [5, 5.41) is 0.830.